The second kappa shape index (κ2) is 5.07. The molecule has 1 heterocycles. The summed E-state index contributed by atoms with van der Waals surface area (Å²) >= 11 is 3.40. The summed E-state index contributed by atoms with van der Waals surface area (Å²) in [5, 5.41) is 0. The summed E-state index contributed by atoms with van der Waals surface area (Å²) in [6, 6.07) is 7.88. The molecule has 3 nitrogen and oxygen atoms in total. The second-order valence-electron chi connectivity index (χ2n) is 3.19. The van der Waals surface area contributed by atoms with E-state index in [1.54, 1.807) is 6.20 Å². The lowest BCUT2D eigenvalue weighted by Gasteiger charge is -2.06. The van der Waals surface area contributed by atoms with Crippen molar-refractivity contribution < 1.29 is 4.74 Å². The van der Waals surface area contributed by atoms with Crippen molar-refractivity contribution in [1.29, 1.82) is 0 Å². The Morgan fingerprint density at radius 2 is 2.25 bits per heavy atom. The van der Waals surface area contributed by atoms with E-state index < -0.39 is 0 Å². The maximum Gasteiger partial charge on any atom is 0.119 e. The van der Waals surface area contributed by atoms with Gasteiger partial charge in [-0.2, -0.15) is 0 Å². The maximum absolute atomic E-state index is 5.45. The molecular weight excluding hydrogens is 268 g/mol. The average Bonchev–Trinajstić information content (AvgIpc) is 2.30. The molecule has 1 aromatic heterocycles. The fraction of sp³-hybridized carbons (Fsp3) is 0.167. The van der Waals surface area contributed by atoms with E-state index >= 15 is 0 Å². The first-order chi connectivity index (χ1) is 7.81. The lowest BCUT2D eigenvalue weighted by Crippen LogP contribution is -1.92. The summed E-state index contributed by atoms with van der Waals surface area (Å²) in [6.07, 6.45) is 3.29. The minimum absolute atomic E-state index is 0.663. The highest BCUT2D eigenvalue weighted by atomic mass is 79.9. The lowest BCUT2D eigenvalue weighted by molar-refractivity contribution is 0.340. The predicted octanol–water partition coefficient (Wildman–Crippen LogP) is 3.30. The lowest BCUT2D eigenvalue weighted by atomic mass is 10.1. The van der Waals surface area contributed by atoms with Crippen LogP contribution in [-0.4, -0.2) is 16.6 Å². The number of aromatic nitrogens is 2. The van der Waals surface area contributed by atoms with Gasteiger partial charge in [-0.3, -0.25) is 0 Å². The molecule has 0 saturated heterocycles. The van der Waals surface area contributed by atoms with Gasteiger partial charge in [0.25, 0.3) is 0 Å². The number of halogens is 1. The minimum atomic E-state index is 0.663. The highest BCUT2D eigenvalue weighted by molar-refractivity contribution is 9.10. The fourth-order valence-electron chi connectivity index (χ4n) is 1.43. The monoisotopic (exact) mass is 278 g/mol. The molecule has 0 bridgehead atoms. The molecule has 0 unspecified atom stereocenters. The minimum Gasteiger partial charge on any atom is -0.494 e. The molecule has 0 amide bonds. The molecule has 0 spiro atoms. The van der Waals surface area contributed by atoms with Gasteiger partial charge in [-0.05, 0) is 40.5 Å². The normalized spacial score (nSPS) is 10.1. The van der Waals surface area contributed by atoms with Crippen LogP contribution in [0.15, 0.2) is 41.4 Å². The van der Waals surface area contributed by atoms with Crippen molar-refractivity contribution in [2.75, 3.05) is 6.61 Å². The van der Waals surface area contributed by atoms with Gasteiger partial charge in [0.05, 0.1) is 6.61 Å². The van der Waals surface area contributed by atoms with E-state index in [1.807, 2.05) is 31.2 Å². The summed E-state index contributed by atoms with van der Waals surface area (Å²) in [6.45, 7) is 2.63. The van der Waals surface area contributed by atoms with E-state index in [4.69, 9.17) is 4.74 Å². The van der Waals surface area contributed by atoms with Crippen molar-refractivity contribution in [3.63, 3.8) is 0 Å². The molecule has 4 heteroatoms. The molecule has 0 radical (unpaired) electrons. The smallest absolute Gasteiger partial charge is 0.119 e. The van der Waals surface area contributed by atoms with Crippen LogP contribution < -0.4 is 4.74 Å². The molecule has 2 rings (SSSR count). The molecule has 0 fully saturated rings. The summed E-state index contributed by atoms with van der Waals surface area (Å²) in [5.74, 6) is 0.857. The molecule has 0 N–H and O–H groups in total. The summed E-state index contributed by atoms with van der Waals surface area (Å²) < 4.78 is 6.24. The number of ether oxygens (including phenoxy) is 1. The SMILES string of the molecule is CCOc1cccc(-c2cncnc2Br)c1. The van der Waals surface area contributed by atoms with Crippen molar-refractivity contribution in [2.45, 2.75) is 6.92 Å². The molecule has 0 saturated carbocycles. The highest BCUT2D eigenvalue weighted by Gasteiger charge is 2.04. The Labute approximate surface area is 103 Å². The zero-order valence-corrected chi connectivity index (χ0v) is 10.4. The number of hydrogen-bond acceptors (Lipinski definition) is 3. The summed E-state index contributed by atoms with van der Waals surface area (Å²) in [5.41, 5.74) is 2.00. The zero-order valence-electron chi connectivity index (χ0n) is 8.85. The van der Waals surface area contributed by atoms with Gasteiger partial charge < -0.3 is 4.74 Å². The van der Waals surface area contributed by atoms with Crippen LogP contribution in [0.2, 0.25) is 0 Å². The zero-order chi connectivity index (χ0) is 11.4. The predicted molar refractivity (Wildman–Crippen MR) is 66.3 cm³/mol. The first kappa shape index (κ1) is 11.1. The van der Waals surface area contributed by atoms with Crippen LogP contribution in [0.1, 0.15) is 6.92 Å². The quantitative estimate of drug-likeness (QED) is 0.808. The van der Waals surface area contributed by atoms with Crippen molar-refractivity contribution in [3.05, 3.63) is 41.4 Å². The van der Waals surface area contributed by atoms with Gasteiger partial charge in [0.2, 0.25) is 0 Å². The van der Waals surface area contributed by atoms with Gasteiger partial charge in [-0.25, -0.2) is 9.97 Å². The van der Waals surface area contributed by atoms with Crippen LogP contribution in [0.4, 0.5) is 0 Å². The molecule has 16 heavy (non-hydrogen) atoms. The molecule has 82 valence electrons. The van der Waals surface area contributed by atoms with Crippen molar-refractivity contribution in [3.8, 4) is 16.9 Å². The van der Waals surface area contributed by atoms with Crippen molar-refractivity contribution >= 4 is 15.9 Å². The Morgan fingerprint density at radius 3 is 3.00 bits per heavy atom. The molecule has 2 aromatic rings. The summed E-state index contributed by atoms with van der Waals surface area (Å²) in [4.78, 5) is 8.11. The molecule has 0 atom stereocenters. The van der Waals surface area contributed by atoms with E-state index in [0.717, 1.165) is 21.5 Å². The van der Waals surface area contributed by atoms with Crippen LogP contribution in [-0.2, 0) is 0 Å². The third kappa shape index (κ3) is 2.39. The van der Waals surface area contributed by atoms with E-state index in [2.05, 4.69) is 25.9 Å². The Balaban J connectivity index is 2.40. The van der Waals surface area contributed by atoms with Crippen LogP contribution >= 0.6 is 15.9 Å². The van der Waals surface area contributed by atoms with Crippen LogP contribution in [0.3, 0.4) is 0 Å². The topological polar surface area (TPSA) is 35.0 Å². The van der Waals surface area contributed by atoms with Gasteiger partial charge in [0, 0.05) is 11.8 Å². The molecule has 0 aliphatic heterocycles. The van der Waals surface area contributed by atoms with Gasteiger partial charge in [0.1, 0.15) is 16.7 Å². The third-order valence-corrected chi connectivity index (χ3v) is 2.75. The van der Waals surface area contributed by atoms with Crippen molar-refractivity contribution in [1.82, 2.24) is 9.97 Å². The number of benzene rings is 1. The maximum atomic E-state index is 5.45. The van der Waals surface area contributed by atoms with E-state index in [0.29, 0.717) is 6.61 Å². The first-order valence-corrected chi connectivity index (χ1v) is 5.79. The third-order valence-electron chi connectivity index (χ3n) is 2.12. The van der Waals surface area contributed by atoms with Gasteiger partial charge >= 0.3 is 0 Å². The van der Waals surface area contributed by atoms with E-state index in [-0.39, 0.29) is 0 Å². The number of nitrogens with zero attached hydrogens (tertiary/aromatic N) is 2. The van der Waals surface area contributed by atoms with Crippen molar-refractivity contribution in [2.24, 2.45) is 0 Å². The number of rotatable bonds is 3. The van der Waals surface area contributed by atoms with Crippen LogP contribution in [0.25, 0.3) is 11.1 Å². The Bertz CT molecular complexity index is 488. The van der Waals surface area contributed by atoms with Crippen LogP contribution in [0.5, 0.6) is 5.75 Å². The highest BCUT2D eigenvalue weighted by Crippen LogP contribution is 2.27. The Morgan fingerprint density at radius 1 is 1.38 bits per heavy atom. The summed E-state index contributed by atoms with van der Waals surface area (Å²) in [7, 11) is 0. The Hall–Kier alpha value is -1.42. The Kier molecular flexibility index (Phi) is 3.51. The van der Waals surface area contributed by atoms with E-state index in [9.17, 15) is 0 Å². The van der Waals surface area contributed by atoms with Gasteiger partial charge in [-0.1, -0.05) is 12.1 Å². The first-order valence-electron chi connectivity index (χ1n) is 5.00. The fourth-order valence-corrected chi connectivity index (χ4v) is 1.85. The van der Waals surface area contributed by atoms with Gasteiger partial charge in [-0.15, -0.1) is 0 Å². The second-order valence-corrected chi connectivity index (χ2v) is 3.94. The molecule has 0 aliphatic carbocycles. The molecule has 1 aromatic carbocycles. The molecular formula is C12H11BrN2O. The average molecular weight is 279 g/mol. The number of hydrogen-bond donors (Lipinski definition) is 0. The van der Waals surface area contributed by atoms with Crippen LogP contribution in [0, 0.1) is 0 Å². The standard InChI is InChI=1S/C12H11BrN2O/c1-2-16-10-5-3-4-9(6-10)11-7-14-8-15-12(11)13/h3-8H,2H2,1H3. The molecule has 0 aliphatic rings. The largest absolute Gasteiger partial charge is 0.494 e. The van der Waals surface area contributed by atoms with E-state index in [1.165, 1.54) is 6.33 Å². The van der Waals surface area contributed by atoms with Gasteiger partial charge in [0.15, 0.2) is 0 Å².